The van der Waals surface area contributed by atoms with E-state index in [0.29, 0.717) is 12.8 Å². The summed E-state index contributed by atoms with van der Waals surface area (Å²) >= 11 is 3.45. The Labute approximate surface area is 203 Å². The number of imide groups is 1. The fourth-order valence-electron chi connectivity index (χ4n) is 4.32. The zero-order valence-corrected chi connectivity index (χ0v) is 21.0. The minimum Gasteiger partial charge on any atom is -0.352 e. The Morgan fingerprint density at radius 2 is 1.79 bits per heavy atom. The molecule has 8 heteroatoms. The van der Waals surface area contributed by atoms with Crippen LogP contribution in [0.2, 0.25) is 0 Å². The van der Waals surface area contributed by atoms with Crippen LogP contribution in [0, 0.1) is 11.8 Å². The van der Waals surface area contributed by atoms with Crippen LogP contribution in [0.15, 0.2) is 40.9 Å². The van der Waals surface area contributed by atoms with Crippen LogP contribution in [0.1, 0.15) is 52.0 Å². The fourth-order valence-corrected chi connectivity index (χ4v) is 4.77. The molecule has 1 aliphatic heterocycles. The van der Waals surface area contributed by atoms with Crippen LogP contribution >= 0.6 is 15.9 Å². The van der Waals surface area contributed by atoms with Crippen molar-refractivity contribution in [2.45, 2.75) is 65.1 Å². The lowest BCUT2D eigenvalue weighted by Gasteiger charge is -2.30. The summed E-state index contributed by atoms with van der Waals surface area (Å²) in [6.45, 7) is 5.91. The highest BCUT2D eigenvalue weighted by Crippen LogP contribution is 2.35. The van der Waals surface area contributed by atoms with Crippen molar-refractivity contribution in [3.8, 4) is 0 Å². The second-order valence-electron chi connectivity index (χ2n) is 8.88. The first-order valence-corrected chi connectivity index (χ1v) is 12.4. The molecule has 7 nitrogen and oxygen atoms in total. The summed E-state index contributed by atoms with van der Waals surface area (Å²) in [4.78, 5) is 54.3. The molecule has 33 heavy (non-hydrogen) atoms. The van der Waals surface area contributed by atoms with E-state index in [-0.39, 0.29) is 61.0 Å². The Morgan fingerprint density at radius 3 is 2.36 bits per heavy atom. The van der Waals surface area contributed by atoms with Gasteiger partial charge in [-0.25, -0.2) is 0 Å². The van der Waals surface area contributed by atoms with Gasteiger partial charge in [0.05, 0.1) is 11.8 Å². The monoisotopic (exact) mass is 517 g/mol. The van der Waals surface area contributed by atoms with Crippen molar-refractivity contribution in [3.63, 3.8) is 0 Å². The average Bonchev–Trinajstić information content (AvgIpc) is 3.05. The van der Waals surface area contributed by atoms with Crippen molar-refractivity contribution in [1.29, 1.82) is 0 Å². The zero-order chi connectivity index (χ0) is 24.1. The number of nitrogens with zero attached hydrogens (tertiary/aromatic N) is 2. The van der Waals surface area contributed by atoms with E-state index >= 15 is 0 Å². The van der Waals surface area contributed by atoms with Gasteiger partial charge in [0.1, 0.15) is 6.04 Å². The molecule has 0 saturated carbocycles. The van der Waals surface area contributed by atoms with Crippen LogP contribution in [0.3, 0.4) is 0 Å². The lowest BCUT2D eigenvalue weighted by atomic mass is 9.85. The van der Waals surface area contributed by atoms with Gasteiger partial charge in [-0.05, 0) is 50.8 Å². The van der Waals surface area contributed by atoms with Crippen LogP contribution in [0.4, 0.5) is 0 Å². The van der Waals surface area contributed by atoms with Gasteiger partial charge in [0.2, 0.25) is 23.6 Å². The third-order valence-electron chi connectivity index (χ3n) is 6.56. The van der Waals surface area contributed by atoms with Crippen molar-refractivity contribution in [2.75, 3.05) is 6.54 Å². The molecule has 1 heterocycles. The van der Waals surface area contributed by atoms with E-state index in [0.717, 1.165) is 16.5 Å². The van der Waals surface area contributed by atoms with Crippen LogP contribution in [0.25, 0.3) is 0 Å². The number of amides is 4. The van der Waals surface area contributed by atoms with Gasteiger partial charge in [-0.15, -0.1) is 0 Å². The number of allylic oxidation sites excluding steroid dienone is 2. The number of hydrogen-bond donors (Lipinski definition) is 1. The molecule has 0 unspecified atom stereocenters. The lowest BCUT2D eigenvalue weighted by Crippen LogP contribution is -2.50. The van der Waals surface area contributed by atoms with Crippen LogP contribution in [-0.4, -0.2) is 52.1 Å². The Bertz CT molecular complexity index is 921. The largest absolute Gasteiger partial charge is 0.352 e. The van der Waals surface area contributed by atoms with Gasteiger partial charge in [0, 0.05) is 30.0 Å². The molecule has 4 amide bonds. The van der Waals surface area contributed by atoms with E-state index in [2.05, 4.69) is 21.2 Å². The van der Waals surface area contributed by atoms with Crippen molar-refractivity contribution >= 4 is 39.6 Å². The first-order chi connectivity index (χ1) is 15.7. The lowest BCUT2D eigenvalue weighted by molar-refractivity contribution is -0.143. The SMILES string of the molecule is CC[C@@H](C)NC(=O)[C@@H](C)N(Cc1cccc(Br)c1)C(=O)CCN1C(=O)[C@H]2CC=CC[C@H]2C1=O. The predicted molar refractivity (Wildman–Crippen MR) is 129 cm³/mol. The second-order valence-corrected chi connectivity index (χ2v) is 9.80. The van der Waals surface area contributed by atoms with Gasteiger partial charge in [0.15, 0.2) is 0 Å². The first kappa shape index (κ1) is 25.1. The maximum absolute atomic E-state index is 13.3. The molecule has 0 bridgehead atoms. The predicted octanol–water partition coefficient (Wildman–Crippen LogP) is 3.42. The van der Waals surface area contributed by atoms with E-state index in [1.54, 1.807) is 6.92 Å². The molecule has 1 N–H and O–H groups in total. The number of likely N-dealkylation sites (tertiary alicyclic amines) is 1. The van der Waals surface area contributed by atoms with E-state index in [1.807, 2.05) is 50.3 Å². The van der Waals surface area contributed by atoms with Gasteiger partial charge in [-0.2, -0.15) is 0 Å². The zero-order valence-electron chi connectivity index (χ0n) is 19.4. The summed E-state index contributed by atoms with van der Waals surface area (Å²) in [5.74, 6) is -1.49. The molecular formula is C25H32BrN3O4. The normalized spacial score (nSPS) is 21.5. The van der Waals surface area contributed by atoms with Crippen molar-refractivity contribution < 1.29 is 19.2 Å². The summed E-state index contributed by atoms with van der Waals surface area (Å²) in [6, 6.07) is 6.89. The van der Waals surface area contributed by atoms with Crippen molar-refractivity contribution in [3.05, 3.63) is 46.5 Å². The number of carbonyl (C=O) groups is 4. The summed E-state index contributed by atoms with van der Waals surface area (Å²) in [5.41, 5.74) is 0.881. The Kier molecular flexibility index (Phi) is 8.46. The summed E-state index contributed by atoms with van der Waals surface area (Å²) in [7, 11) is 0. The maximum atomic E-state index is 13.3. The number of fused-ring (bicyclic) bond motifs is 1. The molecule has 1 saturated heterocycles. The number of benzene rings is 1. The van der Waals surface area contributed by atoms with E-state index in [4.69, 9.17) is 0 Å². The van der Waals surface area contributed by atoms with E-state index in [1.165, 1.54) is 9.80 Å². The molecule has 1 aromatic rings. The molecule has 1 aromatic carbocycles. The third kappa shape index (κ3) is 5.91. The van der Waals surface area contributed by atoms with E-state index < -0.39 is 6.04 Å². The third-order valence-corrected chi connectivity index (χ3v) is 7.05. The van der Waals surface area contributed by atoms with Crippen molar-refractivity contribution in [1.82, 2.24) is 15.1 Å². The van der Waals surface area contributed by atoms with Gasteiger partial charge < -0.3 is 10.2 Å². The van der Waals surface area contributed by atoms with Crippen LogP contribution in [-0.2, 0) is 25.7 Å². The molecular weight excluding hydrogens is 486 g/mol. The standard InChI is InChI=1S/C25H32BrN3O4/c1-4-16(2)27-23(31)17(3)29(15-18-8-7-9-19(26)14-18)22(30)12-13-28-24(32)20-10-5-6-11-21(20)25(28)33/h5-9,14,16-17,20-21H,4,10-13,15H2,1-3H3,(H,27,31)/t16-,17-,20-,21+/m1/s1. The molecule has 0 aromatic heterocycles. The first-order valence-electron chi connectivity index (χ1n) is 11.6. The highest BCUT2D eigenvalue weighted by atomic mass is 79.9. The van der Waals surface area contributed by atoms with E-state index in [9.17, 15) is 19.2 Å². The van der Waals surface area contributed by atoms with Crippen LogP contribution in [0.5, 0.6) is 0 Å². The minimum atomic E-state index is -0.692. The molecule has 4 atom stereocenters. The maximum Gasteiger partial charge on any atom is 0.242 e. The number of carbonyl (C=O) groups excluding carboxylic acids is 4. The van der Waals surface area contributed by atoms with Gasteiger partial charge in [0.25, 0.3) is 0 Å². The smallest absolute Gasteiger partial charge is 0.242 e. The minimum absolute atomic E-state index is 0.000399. The molecule has 2 aliphatic rings. The molecule has 3 rings (SSSR count). The highest BCUT2D eigenvalue weighted by Gasteiger charge is 2.47. The molecule has 1 fully saturated rings. The number of halogens is 1. The van der Waals surface area contributed by atoms with Crippen molar-refractivity contribution in [2.24, 2.45) is 11.8 Å². The van der Waals surface area contributed by atoms with Crippen LogP contribution < -0.4 is 5.32 Å². The topological polar surface area (TPSA) is 86.8 Å². The number of hydrogen-bond acceptors (Lipinski definition) is 4. The summed E-state index contributed by atoms with van der Waals surface area (Å²) in [6.07, 6.45) is 5.80. The number of rotatable bonds is 9. The highest BCUT2D eigenvalue weighted by molar-refractivity contribution is 9.10. The average molecular weight is 518 g/mol. The Morgan fingerprint density at radius 1 is 1.15 bits per heavy atom. The summed E-state index contributed by atoms with van der Waals surface area (Å²) < 4.78 is 0.883. The Hall–Kier alpha value is -2.48. The summed E-state index contributed by atoms with van der Waals surface area (Å²) in [5, 5.41) is 2.94. The van der Waals surface area contributed by atoms with Gasteiger partial charge >= 0.3 is 0 Å². The molecule has 178 valence electrons. The number of nitrogens with one attached hydrogen (secondary N) is 1. The quantitative estimate of drug-likeness (QED) is 0.401. The van der Waals surface area contributed by atoms with Gasteiger partial charge in [-0.1, -0.05) is 47.1 Å². The molecule has 1 aliphatic carbocycles. The Balaban J connectivity index is 1.72. The second kappa shape index (κ2) is 11.1. The molecule has 0 radical (unpaired) electrons. The fraction of sp³-hybridized carbons (Fsp3) is 0.520. The molecule has 0 spiro atoms. The van der Waals surface area contributed by atoms with Gasteiger partial charge in [-0.3, -0.25) is 24.1 Å².